The zero-order chi connectivity index (χ0) is 12.7. The van der Waals surface area contributed by atoms with E-state index in [1.807, 2.05) is 31.2 Å². The second-order valence-corrected chi connectivity index (χ2v) is 3.98. The van der Waals surface area contributed by atoms with Crippen LogP contribution in [0.5, 0.6) is 0 Å². The van der Waals surface area contributed by atoms with Crippen molar-refractivity contribution in [1.29, 1.82) is 0 Å². The van der Waals surface area contributed by atoms with Crippen molar-refractivity contribution in [2.24, 2.45) is 0 Å². The molecule has 0 saturated heterocycles. The van der Waals surface area contributed by atoms with Gasteiger partial charge in [0.15, 0.2) is 5.11 Å². The number of carbonyl (C=O) groups excluding carboxylic acids is 1. The number of hydrogen-bond acceptors (Lipinski definition) is 2. The van der Waals surface area contributed by atoms with Crippen LogP contribution in [0, 0.1) is 6.92 Å². The Kier molecular flexibility index (Phi) is 5.42. The van der Waals surface area contributed by atoms with Gasteiger partial charge in [-0.2, -0.15) is 0 Å². The van der Waals surface area contributed by atoms with Gasteiger partial charge in [-0.05, 0) is 30.8 Å². The van der Waals surface area contributed by atoms with Crippen molar-refractivity contribution >= 4 is 23.2 Å². The maximum absolute atomic E-state index is 11.8. The molecular weight excluding hydrogens is 234 g/mol. The van der Waals surface area contributed by atoms with Crippen molar-refractivity contribution in [3.63, 3.8) is 0 Å². The van der Waals surface area contributed by atoms with Gasteiger partial charge in [0, 0.05) is 25.7 Å². The molecule has 1 rings (SSSR count). The summed E-state index contributed by atoms with van der Waals surface area (Å²) in [4.78, 5) is 11.8. The third-order valence-corrected chi connectivity index (χ3v) is 2.66. The number of thiocarbonyl (C=S) groups is 1. The molecule has 1 amide bonds. The van der Waals surface area contributed by atoms with Gasteiger partial charge < -0.3 is 16.0 Å². The summed E-state index contributed by atoms with van der Waals surface area (Å²) in [6.07, 6.45) is 0. The van der Waals surface area contributed by atoms with Crippen LogP contribution in [0.3, 0.4) is 0 Å². The van der Waals surface area contributed by atoms with Gasteiger partial charge in [0.2, 0.25) is 0 Å². The van der Waals surface area contributed by atoms with E-state index in [1.54, 1.807) is 7.05 Å². The Hall–Kier alpha value is -1.62. The minimum absolute atomic E-state index is 0.0553. The average Bonchev–Trinajstić information content (AvgIpc) is 2.34. The Labute approximate surface area is 107 Å². The molecule has 0 heterocycles. The number of benzene rings is 1. The maximum atomic E-state index is 11.8. The van der Waals surface area contributed by atoms with E-state index in [4.69, 9.17) is 12.2 Å². The quantitative estimate of drug-likeness (QED) is 0.548. The van der Waals surface area contributed by atoms with Crippen LogP contribution in [0.15, 0.2) is 24.3 Å². The van der Waals surface area contributed by atoms with Gasteiger partial charge in [0.05, 0.1) is 0 Å². The van der Waals surface area contributed by atoms with E-state index in [2.05, 4.69) is 16.0 Å². The largest absolute Gasteiger partial charge is 0.366 e. The van der Waals surface area contributed by atoms with E-state index in [0.29, 0.717) is 23.8 Å². The summed E-state index contributed by atoms with van der Waals surface area (Å²) in [6.45, 7) is 3.07. The summed E-state index contributed by atoms with van der Waals surface area (Å²) >= 11 is 4.91. The van der Waals surface area contributed by atoms with Gasteiger partial charge in [0.25, 0.3) is 5.91 Å². The fraction of sp³-hybridized carbons (Fsp3) is 0.333. The molecule has 5 heteroatoms. The molecule has 1 aromatic carbocycles. The van der Waals surface area contributed by atoms with Crippen LogP contribution >= 0.6 is 12.2 Å². The van der Waals surface area contributed by atoms with Gasteiger partial charge in [-0.15, -0.1) is 0 Å². The Balaban J connectivity index is 2.36. The molecule has 0 radical (unpaired) electrons. The molecule has 0 aromatic heterocycles. The second kappa shape index (κ2) is 6.85. The summed E-state index contributed by atoms with van der Waals surface area (Å²) < 4.78 is 0. The van der Waals surface area contributed by atoms with Crippen molar-refractivity contribution in [3.05, 3.63) is 35.4 Å². The number of hydrogen-bond donors (Lipinski definition) is 3. The lowest BCUT2D eigenvalue weighted by atomic mass is 10.1. The summed E-state index contributed by atoms with van der Waals surface area (Å²) in [5.41, 5.74) is 1.69. The molecule has 1 aromatic rings. The van der Waals surface area contributed by atoms with Gasteiger partial charge >= 0.3 is 0 Å². The Morgan fingerprint density at radius 2 is 1.88 bits per heavy atom. The summed E-state index contributed by atoms with van der Waals surface area (Å²) in [7, 11) is 1.75. The fourth-order valence-corrected chi connectivity index (χ4v) is 1.47. The van der Waals surface area contributed by atoms with Crippen LogP contribution in [0.25, 0.3) is 0 Å². The summed E-state index contributed by atoms with van der Waals surface area (Å²) in [6, 6.07) is 7.51. The number of amides is 1. The predicted molar refractivity (Wildman–Crippen MR) is 73.2 cm³/mol. The van der Waals surface area contributed by atoms with Crippen LogP contribution < -0.4 is 16.0 Å². The molecule has 0 spiro atoms. The van der Waals surface area contributed by atoms with Crippen molar-refractivity contribution in [3.8, 4) is 0 Å². The van der Waals surface area contributed by atoms with Gasteiger partial charge in [-0.3, -0.25) is 4.79 Å². The molecule has 0 aliphatic rings. The van der Waals surface area contributed by atoms with Crippen molar-refractivity contribution < 1.29 is 4.79 Å². The molecule has 3 N–H and O–H groups in total. The number of nitrogens with one attached hydrogen (secondary N) is 3. The first-order valence-electron chi connectivity index (χ1n) is 5.44. The Morgan fingerprint density at radius 1 is 1.24 bits per heavy atom. The van der Waals surface area contributed by atoms with Crippen molar-refractivity contribution in [2.75, 3.05) is 20.1 Å². The topological polar surface area (TPSA) is 53.2 Å². The molecule has 0 saturated carbocycles. The first-order valence-corrected chi connectivity index (χ1v) is 5.85. The van der Waals surface area contributed by atoms with Crippen molar-refractivity contribution in [1.82, 2.24) is 16.0 Å². The molecule has 0 aliphatic heterocycles. The van der Waals surface area contributed by atoms with Crippen LogP contribution in [-0.4, -0.2) is 31.2 Å². The Bertz CT molecular complexity index is 406. The Morgan fingerprint density at radius 3 is 2.53 bits per heavy atom. The highest BCUT2D eigenvalue weighted by Gasteiger charge is 2.06. The van der Waals surface area contributed by atoms with Gasteiger partial charge in [0.1, 0.15) is 0 Å². The highest BCUT2D eigenvalue weighted by molar-refractivity contribution is 7.80. The van der Waals surface area contributed by atoms with E-state index in [0.717, 1.165) is 5.56 Å². The van der Waals surface area contributed by atoms with Gasteiger partial charge in [-0.25, -0.2) is 0 Å². The third-order valence-electron chi connectivity index (χ3n) is 2.31. The lowest BCUT2D eigenvalue weighted by Gasteiger charge is -2.09. The summed E-state index contributed by atoms with van der Waals surface area (Å²) in [5.74, 6) is -0.0553. The highest BCUT2D eigenvalue weighted by Crippen LogP contribution is 2.05. The van der Waals surface area contributed by atoms with E-state index in [9.17, 15) is 4.79 Å². The van der Waals surface area contributed by atoms with Gasteiger partial charge in [-0.1, -0.05) is 18.2 Å². The lowest BCUT2D eigenvalue weighted by molar-refractivity contribution is 0.0954. The van der Waals surface area contributed by atoms with Crippen molar-refractivity contribution in [2.45, 2.75) is 6.92 Å². The molecule has 0 bridgehead atoms. The standard InChI is InChI=1S/C12H17N3OS/c1-9-5-3-4-6-10(9)11(16)14-7-8-15-12(17)13-2/h3-6H,7-8H2,1-2H3,(H,14,16)(H2,13,15,17). The zero-order valence-corrected chi connectivity index (χ0v) is 10.9. The van der Waals surface area contributed by atoms with E-state index in [1.165, 1.54) is 0 Å². The molecule has 0 atom stereocenters. The maximum Gasteiger partial charge on any atom is 0.251 e. The first kappa shape index (κ1) is 13.4. The normalized spacial score (nSPS) is 9.53. The molecule has 92 valence electrons. The smallest absolute Gasteiger partial charge is 0.251 e. The van der Waals surface area contributed by atoms with E-state index < -0.39 is 0 Å². The zero-order valence-electron chi connectivity index (χ0n) is 10.0. The van der Waals surface area contributed by atoms with Crippen LogP contribution in [-0.2, 0) is 0 Å². The van der Waals surface area contributed by atoms with Crippen LogP contribution in [0.4, 0.5) is 0 Å². The number of carbonyl (C=O) groups is 1. The minimum atomic E-state index is -0.0553. The van der Waals surface area contributed by atoms with Crippen LogP contribution in [0.2, 0.25) is 0 Å². The highest BCUT2D eigenvalue weighted by atomic mass is 32.1. The first-order chi connectivity index (χ1) is 8.15. The number of rotatable bonds is 4. The molecule has 0 unspecified atom stereocenters. The molecule has 0 aliphatic carbocycles. The fourth-order valence-electron chi connectivity index (χ4n) is 1.36. The van der Waals surface area contributed by atoms with E-state index in [-0.39, 0.29) is 5.91 Å². The minimum Gasteiger partial charge on any atom is -0.366 e. The summed E-state index contributed by atoms with van der Waals surface area (Å²) in [5, 5.41) is 9.17. The monoisotopic (exact) mass is 251 g/mol. The average molecular weight is 251 g/mol. The molecular formula is C12H17N3OS. The third kappa shape index (κ3) is 4.40. The lowest BCUT2D eigenvalue weighted by Crippen LogP contribution is -2.38. The predicted octanol–water partition coefficient (Wildman–Crippen LogP) is 0.819. The molecule has 17 heavy (non-hydrogen) atoms. The SMILES string of the molecule is CNC(=S)NCCNC(=O)c1ccccc1C. The second-order valence-electron chi connectivity index (χ2n) is 3.58. The van der Waals surface area contributed by atoms with E-state index >= 15 is 0 Å². The van der Waals surface area contributed by atoms with Crippen LogP contribution in [0.1, 0.15) is 15.9 Å². The number of aryl methyl sites for hydroxylation is 1. The molecule has 4 nitrogen and oxygen atoms in total. The molecule has 0 fully saturated rings.